The van der Waals surface area contributed by atoms with Gasteiger partial charge in [0.25, 0.3) is 11.4 Å². The molecule has 1 aromatic carbocycles. The highest BCUT2D eigenvalue weighted by Crippen LogP contribution is 2.30. The lowest BCUT2D eigenvalue weighted by atomic mass is 10.1. The minimum absolute atomic E-state index is 0.243. The van der Waals surface area contributed by atoms with Crippen LogP contribution in [0.25, 0.3) is 11.3 Å². The molecule has 0 aliphatic carbocycles. The number of nitro groups is 2. The Balaban J connectivity index is 2.45. The summed E-state index contributed by atoms with van der Waals surface area (Å²) in [5, 5.41) is 30.9. The van der Waals surface area contributed by atoms with Crippen LogP contribution in [0.3, 0.4) is 0 Å². The van der Waals surface area contributed by atoms with E-state index in [1.165, 1.54) is 12.1 Å². The summed E-state index contributed by atoms with van der Waals surface area (Å²) in [6.45, 7) is 1.60. The molecule has 0 spiro atoms. The monoisotopic (exact) mass is 292 g/mol. The van der Waals surface area contributed by atoms with E-state index in [0.717, 1.165) is 6.07 Å². The van der Waals surface area contributed by atoms with E-state index in [-0.39, 0.29) is 29.1 Å². The molecule has 8 nitrogen and oxygen atoms in total. The second-order valence-corrected chi connectivity index (χ2v) is 4.57. The number of rotatable bonds is 5. The van der Waals surface area contributed by atoms with Gasteiger partial charge >= 0.3 is 0 Å². The maximum Gasteiger partial charge on any atom is 0.277 e. The van der Waals surface area contributed by atoms with Crippen LogP contribution in [0.2, 0.25) is 0 Å². The molecule has 0 bridgehead atoms. The summed E-state index contributed by atoms with van der Waals surface area (Å²) in [5.74, 6) is 0.770. The molecule has 1 N–H and O–H groups in total. The van der Waals surface area contributed by atoms with Crippen LogP contribution in [0, 0.1) is 20.2 Å². The van der Waals surface area contributed by atoms with Crippen LogP contribution in [0.5, 0.6) is 0 Å². The molecule has 0 saturated heterocycles. The highest BCUT2D eigenvalue weighted by molar-refractivity contribution is 5.65. The van der Waals surface area contributed by atoms with Crippen molar-refractivity contribution < 1.29 is 19.4 Å². The van der Waals surface area contributed by atoms with E-state index in [9.17, 15) is 25.3 Å². The molecule has 21 heavy (non-hydrogen) atoms. The SMILES string of the molecule is CC(O)Cc1ccc(-c2cc([N+](=O)[O-])cc([N+](=O)[O-])c2)o1. The van der Waals surface area contributed by atoms with Gasteiger partial charge in [-0.15, -0.1) is 0 Å². The number of non-ortho nitro benzene ring substituents is 2. The largest absolute Gasteiger partial charge is 0.461 e. The number of nitrogens with zero attached hydrogens (tertiary/aromatic N) is 2. The minimum Gasteiger partial charge on any atom is -0.461 e. The van der Waals surface area contributed by atoms with E-state index in [2.05, 4.69) is 0 Å². The van der Waals surface area contributed by atoms with E-state index >= 15 is 0 Å². The van der Waals surface area contributed by atoms with E-state index < -0.39 is 16.0 Å². The number of nitro benzene ring substituents is 2. The Morgan fingerprint density at radius 3 is 2.19 bits per heavy atom. The fraction of sp³-hybridized carbons (Fsp3) is 0.231. The zero-order valence-corrected chi connectivity index (χ0v) is 11.1. The Kier molecular flexibility index (Phi) is 3.99. The van der Waals surface area contributed by atoms with Gasteiger partial charge in [0.05, 0.1) is 22.0 Å². The maximum atomic E-state index is 10.8. The Labute approximate surface area is 118 Å². The van der Waals surface area contributed by atoms with Crippen LogP contribution >= 0.6 is 0 Å². The Morgan fingerprint density at radius 2 is 1.71 bits per heavy atom. The van der Waals surface area contributed by atoms with E-state index in [4.69, 9.17) is 4.42 Å². The molecule has 0 fully saturated rings. The van der Waals surface area contributed by atoms with Crippen molar-refractivity contribution in [3.8, 4) is 11.3 Å². The third-order valence-corrected chi connectivity index (χ3v) is 2.77. The van der Waals surface area contributed by atoms with Crippen LogP contribution in [0.4, 0.5) is 11.4 Å². The predicted octanol–water partition coefficient (Wildman–Crippen LogP) is 2.69. The Bertz CT molecular complexity index is 659. The lowest BCUT2D eigenvalue weighted by Gasteiger charge is -2.01. The van der Waals surface area contributed by atoms with Gasteiger partial charge < -0.3 is 9.52 Å². The third kappa shape index (κ3) is 3.42. The van der Waals surface area contributed by atoms with Crippen LogP contribution < -0.4 is 0 Å². The molecule has 0 aliphatic heterocycles. The number of hydrogen-bond donors (Lipinski definition) is 1. The summed E-state index contributed by atoms with van der Waals surface area (Å²) in [5.41, 5.74) is -0.520. The Hall–Kier alpha value is -2.74. The van der Waals surface area contributed by atoms with Crippen LogP contribution in [0.1, 0.15) is 12.7 Å². The van der Waals surface area contributed by atoms with Crippen molar-refractivity contribution in [1.82, 2.24) is 0 Å². The molecule has 1 atom stereocenters. The molecular weight excluding hydrogens is 280 g/mol. The van der Waals surface area contributed by atoms with Gasteiger partial charge in [-0.1, -0.05) is 0 Å². The number of aliphatic hydroxyl groups excluding tert-OH is 1. The molecule has 0 amide bonds. The van der Waals surface area contributed by atoms with Gasteiger partial charge in [-0.2, -0.15) is 0 Å². The molecule has 0 aliphatic rings. The fourth-order valence-electron chi connectivity index (χ4n) is 1.88. The highest BCUT2D eigenvalue weighted by atomic mass is 16.6. The van der Waals surface area contributed by atoms with Crippen molar-refractivity contribution in [3.63, 3.8) is 0 Å². The van der Waals surface area contributed by atoms with Gasteiger partial charge in [-0.3, -0.25) is 20.2 Å². The molecule has 1 heterocycles. The molecule has 2 rings (SSSR count). The van der Waals surface area contributed by atoms with E-state index in [1.54, 1.807) is 19.1 Å². The van der Waals surface area contributed by atoms with E-state index in [1.807, 2.05) is 0 Å². The number of hydrogen-bond acceptors (Lipinski definition) is 6. The lowest BCUT2D eigenvalue weighted by Crippen LogP contribution is -2.02. The molecule has 1 unspecified atom stereocenters. The number of benzene rings is 1. The first-order chi connectivity index (χ1) is 9.86. The quantitative estimate of drug-likeness (QED) is 0.668. The zero-order chi connectivity index (χ0) is 15.6. The fourth-order valence-corrected chi connectivity index (χ4v) is 1.88. The van der Waals surface area contributed by atoms with Crippen molar-refractivity contribution >= 4 is 11.4 Å². The Morgan fingerprint density at radius 1 is 1.14 bits per heavy atom. The minimum atomic E-state index is -0.698. The second-order valence-electron chi connectivity index (χ2n) is 4.57. The summed E-state index contributed by atoms with van der Waals surface area (Å²) in [7, 11) is 0. The molecule has 110 valence electrons. The normalized spacial score (nSPS) is 12.1. The van der Waals surface area contributed by atoms with Gasteiger partial charge in [0, 0.05) is 24.1 Å². The summed E-state index contributed by atoms with van der Waals surface area (Å²) in [6.07, 6.45) is -0.305. The number of aliphatic hydroxyl groups is 1. The summed E-state index contributed by atoms with van der Waals surface area (Å²) >= 11 is 0. The molecule has 0 radical (unpaired) electrons. The summed E-state index contributed by atoms with van der Waals surface area (Å²) < 4.78 is 5.44. The first-order valence-corrected chi connectivity index (χ1v) is 6.08. The molecule has 2 aromatic rings. The van der Waals surface area contributed by atoms with Gasteiger partial charge in [-0.05, 0) is 19.1 Å². The van der Waals surface area contributed by atoms with Crippen LogP contribution in [-0.4, -0.2) is 21.1 Å². The van der Waals surface area contributed by atoms with Gasteiger partial charge in [0.1, 0.15) is 11.5 Å². The maximum absolute atomic E-state index is 10.8. The molecule has 0 saturated carbocycles. The highest BCUT2D eigenvalue weighted by Gasteiger charge is 2.18. The number of furan rings is 1. The zero-order valence-electron chi connectivity index (χ0n) is 11.1. The first-order valence-electron chi connectivity index (χ1n) is 6.08. The van der Waals surface area contributed by atoms with Gasteiger partial charge in [0.2, 0.25) is 0 Å². The average Bonchev–Trinajstić information content (AvgIpc) is 2.85. The molecule has 8 heteroatoms. The summed E-state index contributed by atoms with van der Waals surface area (Å²) in [4.78, 5) is 20.3. The van der Waals surface area contributed by atoms with Crippen molar-refractivity contribution in [2.24, 2.45) is 0 Å². The van der Waals surface area contributed by atoms with E-state index in [0.29, 0.717) is 5.76 Å². The van der Waals surface area contributed by atoms with Gasteiger partial charge in [-0.25, -0.2) is 0 Å². The molecule has 1 aromatic heterocycles. The van der Waals surface area contributed by atoms with Crippen molar-refractivity contribution in [1.29, 1.82) is 0 Å². The average molecular weight is 292 g/mol. The molecular formula is C13H12N2O6. The smallest absolute Gasteiger partial charge is 0.277 e. The second kappa shape index (κ2) is 5.71. The van der Waals surface area contributed by atoms with Gasteiger partial charge in [0.15, 0.2) is 0 Å². The first kappa shape index (κ1) is 14.7. The van der Waals surface area contributed by atoms with Crippen molar-refractivity contribution in [2.75, 3.05) is 0 Å². The van der Waals surface area contributed by atoms with Crippen molar-refractivity contribution in [3.05, 3.63) is 56.3 Å². The van der Waals surface area contributed by atoms with Crippen molar-refractivity contribution in [2.45, 2.75) is 19.4 Å². The van der Waals surface area contributed by atoms with Crippen LogP contribution in [0.15, 0.2) is 34.7 Å². The third-order valence-electron chi connectivity index (χ3n) is 2.77. The predicted molar refractivity (Wildman–Crippen MR) is 72.8 cm³/mol. The van der Waals surface area contributed by atoms with Crippen LogP contribution in [-0.2, 0) is 6.42 Å². The lowest BCUT2D eigenvalue weighted by molar-refractivity contribution is -0.394. The standard InChI is InChI=1S/C13H12N2O6/c1-8(16)4-12-2-3-13(21-12)9-5-10(14(17)18)7-11(6-9)15(19)20/h2-3,5-8,16H,4H2,1H3. The summed E-state index contributed by atoms with van der Waals surface area (Å²) in [6, 6.07) is 6.48. The topological polar surface area (TPSA) is 120 Å².